The van der Waals surface area contributed by atoms with E-state index in [9.17, 15) is 17.6 Å². The van der Waals surface area contributed by atoms with E-state index < -0.39 is 21.7 Å². The lowest BCUT2D eigenvalue weighted by Gasteiger charge is -2.09. The molecule has 0 saturated carbocycles. The standard InChI is InChI=1S/C18H21FN2O3S/c1-2-3-11-20-25(23,24)16-9-6-8-15(13-16)21-18(22)12-14-7-4-5-10-17(14)19/h4-10,13,20H,2-3,11-12H2,1H3,(H,21,22). The second-order valence-electron chi connectivity index (χ2n) is 5.60. The second kappa shape index (κ2) is 8.73. The average molecular weight is 364 g/mol. The van der Waals surface area contributed by atoms with Gasteiger partial charge in [-0.3, -0.25) is 4.79 Å². The Balaban J connectivity index is 2.06. The van der Waals surface area contributed by atoms with E-state index in [0.29, 0.717) is 12.2 Å². The minimum Gasteiger partial charge on any atom is -0.326 e. The largest absolute Gasteiger partial charge is 0.326 e. The summed E-state index contributed by atoms with van der Waals surface area (Å²) in [6.45, 7) is 2.34. The van der Waals surface area contributed by atoms with E-state index in [1.807, 2.05) is 6.92 Å². The fourth-order valence-corrected chi connectivity index (χ4v) is 3.35. The summed E-state index contributed by atoms with van der Waals surface area (Å²) >= 11 is 0. The van der Waals surface area contributed by atoms with Crippen molar-refractivity contribution in [1.29, 1.82) is 0 Å². The molecule has 0 aromatic heterocycles. The molecular formula is C18H21FN2O3S. The van der Waals surface area contributed by atoms with Gasteiger partial charge in [-0.05, 0) is 36.2 Å². The highest BCUT2D eigenvalue weighted by Crippen LogP contribution is 2.16. The Morgan fingerprint density at radius 2 is 1.88 bits per heavy atom. The van der Waals surface area contributed by atoms with Crippen molar-refractivity contribution in [2.75, 3.05) is 11.9 Å². The number of hydrogen-bond donors (Lipinski definition) is 2. The smallest absolute Gasteiger partial charge is 0.240 e. The molecule has 0 saturated heterocycles. The number of benzene rings is 2. The van der Waals surface area contributed by atoms with Crippen LogP contribution in [0.5, 0.6) is 0 Å². The highest BCUT2D eigenvalue weighted by molar-refractivity contribution is 7.89. The average Bonchev–Trinajstić information content (AvgIpc) is 2.57. The molecule has 0 aliphatic rings. The molecular weight excluding hydrogens is 343 g/mol. The molecule has 0 radical (unpaired) electrons. The van der Waals surface area contributed by atoms with E-state index in [0.717, 1.165) is 12.8 Å². The van der Waals surface area contributed by atoms with Gasteiger partial charge < -0.3 is 5.32 Å². The maximum absolute atomic E-state index is 13.6. The monoisotopic (exact) mass is 364 g/mol. The molecule has 7 heteroatoms. The second-order valence-corrected chi connectivity index (χ2v) is 7.36. The highest BCUT2D eigenvalue weighted by atomic mass is 32.2. The Bertz CT molecular complexity index is 838. The topological polar surface area (TPSA) is 75.3 Å². The van der Waals surface area contributed by atoms with Crippen LogP contribution in [-0.2, 0) is 21.2 Å². The van der Waals surface area contributed by atoms with Crippen LogP contribution in [0.1, 0.15) is 25.3 Å². The molecule has 2 N–H and O–H groups in total. The zero-order chi connectivity index (χ0) is 18.3. The van der Waals surface area contributed by atoms with Gasteiger partial charge in [0.05, 0.1) is 11.3 Å². The van der Waals surface area contributed by atoms with Gasteiger partial charge in [0.2, 0.25) is 15.9 Å². The SMILES string of the molecule is CCCCNS(=O)(=O)c1cccc(NC(=O)Cc2ccccc2F)c1. The van der Waals surface area contributed by atoms with Gasteiger partial charge in [-0.1, -0.05) is 37.6 Å². The summed E-state index contributed by atoms with van der Waals surface area (Å²) in [5, 5.41) is 2.60. The number of nitrogens with one attached hydrogen (secondary N) is 2. The first-order chi connectivity index (χ1) is 11.9. The van der Waals surface area contributed by atoms with Crippen LogP contribution in [0, 0.1) is 5.82 Å². The number of carbonyl (C=O) groups excluding carboxylic acids is 1. The predicted molar refractivity (Wildman–Crippen MR) is 95.3 cm³/mol. The van der Waals surface area contributed by atoms with E-state index in [-0.39, 0.29) is 16.9 Å². The Kier molecular flexibility index (Phi) is 6.66. The van der Waals surface area contributed by atoms with Crippen LogP contribution in [0.2, 0.25) is 0 Å². The first-order valence-electron chi connectivity index (χ1n) is 8.05. The predicted octanol–water partition coefficient (Wildman–Crippen LogP) is 3.09. The maximum Gasteiger partial charge on any atom is 0.240 e. The fourth-order valence-electron chi connectivity index (χ4n) is 2.23. The molecule has 0 bridgehead atoms. The van der Waals surface area contributed by atoms with Crippen molar-refractivity contribution in [3.8, 4) is 0 Å². The van der Waals surface area contributed by atoms with Crippen LogP contribution in [-0.4, -0.2) is 20.9 Å². The van der Waals surface area contributed by atoms with Crippen LogP contribution in [0.15, 0.2) is 53.4 Å². The van der Waals surface area contributed by atoms with Gasteiger partial charge in [0.15, 0.2) is 0 Å². The number of hydrogen-bond acceptors (Lipinski definition) is 3. The van der Waals surface area contributed by atoms with E-state index in [1.165, 1.54) is 24.3 Å². The molecule has 1 amide bonds. The zero-order valence-corrected chi connectivity index (χ0v) is 14.8. The van der Waals surface area contributed by atoms with Crippen LogP contribution in [0.4, 0.5) is 10.1 Å². The van der Waals surface area contributed by atoms with Gasteiger partial charge in [-0.2, -0.15) is 0 Å². The molecule has 2 rings (SSSR count). The Morgan fingerprint density at radius 3 is 2.60 bits per heavy atom. The number of sulfonamides is 1. The van der Waals surface area contributed by atoms with Crippen molar-refractivity contribution in [1.82, 2.24) is 4.72 Å². The third-order valence-electron chi connectivity index (χ3n) is 3.56. The molecule has 0 unspecified atom stereocenters. The zero-order valence-electron chi connectivity index (χ0n) is 14.0. The van der Waals surface area contributed by atoms with Gasteiger partial charge in [-0.25, -0.2) is 17.5 Å². The third-order valence-corrected chi connectivity index (χ3v) is 5.02. The number of anilines is 1. The molecule has 5 nitrogen and oxygen atoms in total. The van der Waals surface area contributed by atoms with Crippen molar-refractivity contribution in [2.45, 2.75) is 31.1 Å². The van der Waals surface area contributed by atoms with Gasteiger partial charge in [0, 0.05) is 12.2 Å². The normalized spacial score (nSPS) is 11.3. The van der Waals surface area contributed by atoms with Crippen molar-refractivity contribution in [2.24, 2.45) is 0 Å². The summed E-state index contributed by atoms with van der Waals surface area (Å²) in [6.07, 6.45) is 1.51. The lowest BCUT2D eigenvalue weighted by molar-refractivity contribution is -0.115. The van der Waals surface area contributed by atoms with Crippen LogP contribution in [0.3, 0.4) is 0 Å². The molecule has 134 valence electrons. The van der Waals surface area contributed by atoms with E-state index in [4.69, 9.17) is 0 Å². The number of halogens is 1. The highest BCUT2D eigenvalue weighted by Gasteiger charge is 2.14. The lowest BCUT2D eigenvalue weighted by Crippen LogP contribution is -2.25. The Morgan fingerprint density at radius 1 is 1.12 bits per heavy atom. The molecule has 0 heterocycles. The van der Waals surface area contributed by atoms with E-state index in [2.05, 4.69) is 10.0 Å². The van der Waals surface area contributed by atoms with E-state index >= 15 is 0 Å². The molecule has 0 aliphatic carbocycles. The minimum atomic E-state index is -3.62. The first-order valence-corrected chi connectivity index (χ1v) is 9.53. The van der Waals surface area contributed by atoms with Gasteiger partial charge in [-0.15, -0.1) is 0 Å². The number of amides is 1. The first kappa shape index (κ1) is 19.1. The van der Waals surface area contributed by atoms with E-state index in [1.54, 1.807) is 24.3 Å². The molecule has 0 fully saturated rings. The van der Waals surface area contributed by atoms with Crippen molar-refractivity contribution < 1.29 is 17.6 Å². The Hall–Kier alpha value is -2.25. The number of carbonyl (C=O) groups is 1. The van der Waals surface area contributed by atoms with Crippen molar-refractivity contribution >= 4 is 21.6 Å². The summed E-state index contributed by atoms with van der Waals surface area (Å²) in [5.74, 6) is -0.868. The molecule has 0 aliphatic heterocycles. The summed E-state index contributed by atoms with van der Waals surface area (Å²) in [4.78, 5) is 12.1. The minimum absolute atomic E-state index is 0.0762. The van der Waals surface area contributed by atoms with Crippen LogP contribution < -0.4 is 10.0 Å². The number of rotatable bonds is 8. The van der Waals surface area contributed by atoms with Crippen LogP contribution in [0.25, 0.3) is 0 Å². The van der Waals surface area contributed by atoms with Gasteiger partial charge in [0.1, 0.15) is 5.82 Å². The molecule has 0 spiro atoms. The molecule has 2 aromatic rings. The summed E-state index contributed by atoms with van der Waals surface area (Å²) in [5.41, 5.74) is 0.629. The lowest BCUT2D eigenvalue weighted by atomic mass is 10.1. The molecule has 0 atom stereocenters. The Labute approximate surface area is 147 Å². The quantitative estimate of drug-likeness (QED) is 0.707. The van der Waals surface area contributed by atoms with Crippen molar-refractivity contribution in [3.63, 3.8) is 0 Å². The van der Waals surface area contributed by atoms with Crippen molar-refractivity contribution in [3.05, 3.63) is 59.9 Å². The van der Waals surface area contributed by atoms with Gasteiger partial charge >= 0.3 is 0 Å². The summed E-state index contributed by atoms with van der Waals surface area (Å²) < 4.78 is 40.5. The fraction of sp³-hybridized carbons (Fsp3) is 0.278. The molecule has 25 heavy (non-hydrogen) atoms. The van der Waals surface area contributed by atoms with Gasteiger partial charge in [0.25, 0.3) is 0 Å². The molecule has 2 aromatic carbocycles. The summed E-state index contributed by atoms with van der Waals surface area (Å²) in [7, 11) is -3.62. The summed E-state index contributed by atoms with van der Waals surface area (Å²) in [6, 6.07) is 12.0. The van der Waals surface area contributed by atoms with Crippen LogP contribution >= 0.6 is 0 Å². The number of unbranched alkanes of at least 4 members (excludes halogenated alkanes) is 1. The maximum atomic E-state index is 13.6. The third kappa shape index (κ3) is 5.65.